The van der Waals surface area contributed by atoms with Gasteiger partial charge in [-0.25, -0.2) is 4.99 Å². The molecule has 1 aromatic rings. The van der Waals surface area contributed by atoms with E-state index in [-0.39, 0.29) is 19.0 Å². The van der Waals surface area contributed by atoms with Crippen LogP contribution in [0.4, 0.5) is 0 Å². The molecule has 142 valence electrons. The maximum Gasteiger partial charge on any atom is 0.241 e. The molecule has 0 aliphatic carbocycles. The highest BCUT2D eigenvalue weighted by molar-refractivity contribution is 5.84. The Balaban J connectivity index is 2.63. The van der Waals surface area contributed by atoms with Crippen molar-refractivity contribution in [2.24, 2.45) is 4.99 Å². The van der Waals surface area contributed by atoms with Gasteiger partial charge in [-0.15, -0.1) is 0 Å². The molecule has 0 radical (unpaired) electrons. The number of nitrogens with zero attached hydrogens (tertiary/aromatic N) is 1. The molecule has 0 aliphatic heterocycles. The van der Waals surface area contributed by atoms with E-state index in [0.29, 0.717) is 31.4 Å². The fourth-order valence-electron chi connectivity index (χ4n) is 2.36. The van der Waals surface area contributed by atoms with Gasteiger partial charge in [-0.2, -0.15) is 0 Å². The summed E-state index contributed by atoms with van der Waals surface area (Å²) < 4.78 is 10.4. The van der Waals surface area contributed by atoms with Crippen LogP contribution >= 0.6 is 0 Å². The zero-order chi connectivity index (χ0) is 18.9. The number of ether oxygens (including phenoxy) is 1. The van der Waals surface area contributed by atoms with Gasteiger partial charge in [0, 0.05) is 25.8 Å². The fraction of sp³-hybridized carbons (Fsp3) is 0.647. The third-order valence-electron chi connectivity index (χ3n) is 3.57. The molecule has 0 bridgehead atoms. The maximum absolute atomic E-state index is 11.7. The standard InChI is InChI=1S/C17H30N4O4/c1-6-18-16(20-10-15(22)19-7-8-24-5)21-11-17(4,23)14-9-12(2)25-13(14)3/h9,23H,6-8,10-11H2,1-5H3,(H,19,22)(H2,18,20,21). The largest absolute Gasteiger partial charge is 0.466 e. The van der Waals surface area contributed by atoms with Crippen LogP contribution in [0.3, 0.4) is 0 Å². The van der Waals surface area contributed by atoms with Gasteiger partial charge in [-0.3, -0.25) is 4.79 Å². The first-order valence-corrected chi connectivity index (χ1v) is 8.37. The number of hydrogen-bond acceptors (Lipinski definition) is 5. The predicted molar refractivity (Wildman–Crippen MR) is 96.6 cm³/mol. The number of aryl methyl sites for hydroxylation is 2. The van der Waals surface area contributed by atoms with Crippen LogP contribution in [-0.2, 0) is 15.1 Å². The molecule has 0 spiro atoms. The normalized spacial score (nSPS) is 14.1. The molecule has 0 aliphatic rings. The number of aliphatic hydroxyl groups is 1. The summed E-state index contributed by atoms with van der Waals surface area (Å²) in [5, 5.41) is 19.5. The molecule has 4 N–H and O–H groups in total. The SMILES string of the molecule is CCNC(=NCC(=O)NCCOC)NCC(C)(O)c1cc(C)oc1C. The van der Waals surface area contributed by atoms with Gasteiger partial charge in [0.15, 0.2) is 5.96 Å². The summed E-state index contributed by atoms with van der Waals surface area (Å²) in [5.74, 6) is 1.70. The Morgan fingerprint density at radius 1 is 1.36 bits per heavy atom. The average molecular weight is 354 g/mol. The molecule has 0 aromatic carbocycles. The van der Waals surface area contributed by atoms with E-state index in [1.54, 1.807) is 14.0 Å². The van der Waals surface area contributed by atoms with Crippen LogP contribution in [0.1, 0.15) is 30.9 Å². The number of carbonyl (C=O) groups is 1. The maximum atomic E-state index is 11.7. The van der Waals surface area contributed by atoms with Crippen LogP contribution in [0.15, 0.2) is 15.5 Å². The molecule has 1 atom stereocenters. The highest BCUT2D eigenvalue weighted by Gasteiger charge is 2.27. The summed E-state index contributed by atoms with van der Waals surface area (Å²) in [4.78, 5) is 15.9. The number of aliphatic imine (C=N–C) groups is 1. The van der Waals surface area contributed by atoms with E-state index in [1.165, 1.54) is 0 Å². The van der Waals surface area contributed by atoms with Crippen molar-refractivity contribution in [3.05, 3.63) is 23.2 Å². The molecule has 8 heteroatoms. The molecule has 8 nitrogen and oxygen atoms in total. The Hall–Kier alpha value is -2.06. The third kappa shape index (κ3) is 7.15. The monoisotopic (exact) mass is 354 g/mol. The van der Waals surface area contributed by atoms with Crippen LogP contribution in [0.2, 0.25) is 0 Å². The Bertz CT molecular complexity index is 581. The van der Waals surface area contributed by atoms with E-state index in [9.17, 15) is 9.90 Å². The van der Waals surface area contributed by atoms with Gasteiger partial charge >= 0.3 is 0 Å². The van der Waals surface area contributed by atoms with Crippen LogP contribution in [-0.4, -0.2) is 56.9 Å². The molecule has 25 heavy (non-hydrogen) atoms. The van der Waals surface area contributed by atoms with E-state index in [2.05, 4.69) is 20.9 Å². The van der Waals surface area contributed by atoms with E-state index >= 15 is 0 Å². The Morgan fingerprint density at radius 2 is 2.08 bits per heavy atom. The van der Waals surface area contributed by atoms with E-state index in [4.69, 9.17) is 9.15 Å². The first-order chi connectivity index (χ1) is 11.8. The number of methoxy groups -OCH3 is 1. The second-order valence-corrected chi connectivity index (χ2v) is 5.99. The number of hydrogen-bond donors (Lipinski definition) is 4. The molecule has 1 amide bonds. The lowest BCUT2D eigenvalue weighted by Crippen LogP contribution is -2.45. The van der Waals surface area contributed by atoms with Gasteiger partial charge in [-0.1, -0.05) is 0 Å². The molecule has 1 rings (SSSR count). The quantitative estimate of drug-likeness (QED) is 0.291. The Labute approximate surface area is 149 Å². The van der Waals surface area contributed by atoms with Gasteiger partial charge in [0.05, 0.1) is 13.2 Å². The highest BCUT2D eigenvalue weighted by atomic mass is 16.5. The minimum atomic E-state index is -1.13. The van der Waals surface area contributed by atoms with E-state index in [1.807, 2.05) is 26.8 Å². The van der Waals surface area contributed by atoms with Crippen molar-refractivity contribution in [3.63, 3.8) is 0 Å². The zero-order valence-corrected chi connectivity index (χ0v) is 15.7. The average Bonchev–Trinajstić information content (AvgIpc) is 2.90. The van der Waals surface area contributed by atoms with Crippen molar-refractivity contribution in [2.45, 2.75) is 33.3 Å². The van der Waals surface area contributed by atoms with Gasteiger partial charge in [0.1, 0.15) is 23.7 Å². The number of rotatable bonds is 9. The molecular weight excluding hydrogens is 324 g/mol. The fourth-order valence-corrected chi connectivity index (χ4v) is 2.36. The van der Waals surface area contributed by atoms with Crippen molar-refractivity contribution in [2.75, 3.05) is 39.9 Å². The Kier molecular flexibility index (Phi) is 8.44. The Morgan fingerprint density at radius 3 is 2.64 bits per heavy atom. The lowest BCUT2D eigenvalue weighted by atomic mass is 9.96. The molecule has 1 unspecified atom stereocenters. The van der Waals surface area contributed by atoms with Crippen molar-refractivity contribution in [1.82, 2.24) is 16.0 Å². The second kappa shape index (κ2) is 10.0. The summed E-state index contributed by atoms with van der Waals surface area (Å²) in [6.45, 7) is 9.06. The molecular formula is C17H30N4O4. The van der Waals surface area contributed by atoms with Gasteiger partial charge in [0.25, 0.3) is 0 Å². The highest BCUT2D eigenvalue weighted by Crippen LogP contribution is 2.26. The number of amides is 1. The summed E-state index contributed by atoms with van der Waals surface area (Å²) >= 11 is 0. The van der Waals surface area contributed by atoms with Crippen LogP contribution in [0, 0.1) is 13.8 Å². The lowest BCUT2D eigenvalue weighted by Gasteiger charge is -2.24. The number of guanidine groups is 1. The van der Waals surface area contributed by atoms with Crippen molar-refractivity contribution < 1.29 is 19.1 Å². The summed E-state index contributed by atoms with van der Waals surface area (Å²) in [6.07, 6.45) is 0. The first-order valence-electron chi connectivity index (χ1n) is 8.37. The van der Waals surface area contributed by atoms with Gasteiger partial charge < -0.3 is 30.2 Å². The molecule has 1 heterocycles. The molecule has 0 saturated heterocycles. The molecule has 1 aromatic heterocycles. The van der Waals surface area contributed by atoms with Crippen LogP contribution in [0.25, 0.3) is 0 Å². The predicted octanol–water partition coefficient (Wildman–Crippen LogP) is 0.422. The second-order valence-electron chi connectivity index (χ2n) is 5.99. The number of carbonyl (C=O) groups excluding carboxylic acids is 1. The summed E-state index contributed by atoms with van der Waals surface area (Å²) in [6, 6.07) is 1.82. The molecule has 0 saturated carbocycles. The summed E-state index contributed by atoms with van der Waals surface area (Å²) in [5.41, 5.74) is -0.399. The van der Waals surface area contributed by atoms with Gasteiger partial charge in [-0.05, 0) is 33.8 Å². The molecule has 0 fully saturated rings. The zero-order valence-electron chi connectivity index (χ0n) is 15.7. The van der Waals surface area contributed by atoms with E-state index in [0.717, 1.165) is 11.3 Å². The van der Waals surface area contributed by atoms with E-state index < -0.39 is 5.60 Å². The minimum Gasteiger partial charge on any atom is -0.466 e. The van der Waals surface area contributed by atoms with Crippen LogP contribution < -0.4 is 16.0 Å². The smallest absolute Gasteiger partial charge is 0.241 e. The lowest BCUT2D eigenvalue weighted by molar-refractivity contribution is -0.119. The van der Waals surface area contributed by atoms with Crippen molar-refractivity contribution in [3.8, 4) is 0 Å². The first kappa shape index (κ1) is 21.0. The van der Waals surface area contributed by atoms with Crippen molar-refractivity contribution >= 4 is 11.9 Å². The summed E-state index contributed by atoms with van der Waals surface area (Å²) in [7, 11) is 1.58. The topological polar surface area (TPSA) is 108 Å². The van der Waals surface area contributed by atoms with Crippen molar-refractivity contribution in [1.29, 1.82) is 0 Å². The van der Waals surface area contributed by atoms with Gasteiger partial charge in [0.2, 0.25) is 5.91 Å². The van der Waals surface area contributed by atoms with Crippen LogP contribution in [0.5, 0.6) is 0 Å². The number of nitrogens with one attached hydrogen (secondary N) is 3. The minimum absolute atomic E-state index is 0.00889. The number of furan rings is 1. The third-order valence-corrected chi connectivity index (χ3v) is 3.57.